The third kappa shape index (κ3) is 3.05. The topological polar surface area (TPSA) is 87.8 Å². The van der Waals surface area contributed by atoms with Gasteiger partial charge in [-0.15, -0.1) is 0 Å². The molecule has 0 aliphatic rings. The fourth-order valence-electron chi connectivity index (χ4n) is 0.917. The number of nitriles is 1. The van der Waals surface area contributed by atoms with Gasteiger partial charge < -0.3 is 4.57 Å². The molecule has 0 saturated carbocycles. The summed E-state index contributed by atoms with van der Waals surface area (Å²) in [5.74, 6) is 0. The van der Waals surface area contributed by atoms with Crippen molar-refractivity contribution in [1.82, 2.24) is 14.3 Å². The van der Waals surface area contributed by atoms with Crippen LogP contribution in [0.5, 0.6) is 0 Å². The van der Waals surface area contributed by atoms with Gasteiger partial charge in [0.2, 0.25) is 0 Å². The Kier molecular flexibility index (Phi) is 3.35. The minimum atomic E-state index is -3.62. The van der Waals surface area contributed by atoms with E-state index in [9.17, 15) is 8.42 Å². The van der Waals surface area contributed by atoms with E-state index in [1.165, 1.54) is 12.5 Å². The average molecular weight is 242 g/mol. The summed E-state index contributed by atoms with van der Waals surface area (Å²) in [6.45, 7) is 3.38. The van der Waals surface area contributed by atoms with Crippen LogP contribution in [0.25, 0.3) is 0 Å². The van der Waals surface area contributed by atoms with Gasteiger partial charge in [0.1, 0.15) is 0 Å². The number of sulfonamides is 1. The van der Waals surface area contributed by atoms with Crippen LogP contribution < -0.4 is 4.72 Å². The molecule has 0 aliphatic heterocycles. The van der Waals surface area contributed by atoms with Crippen LogP contribution in [0.15, 0.2) is 17.6 Å². The molecule has 6 nitrogen and oxygen atoms in total. The molecule has 1 N–H and O–H groups in total. The molecule has 0 radical (unpaired) electrons. The molecular weight excluding hydrogens is 228 g/mol. The van der Waals surface area contributed by atoms with E-state index in [1.54, 1.807) is 25.5 Å². The SMILES string of the molecule is Cn1cnc(S(=O)(=O)NCC(C)(C)C#N)c1. The maximum absolute atomic E-state index is 11.7. The summed E-state index contributed by atoms with van der Waals surface area (Å²) in [5, 5.41) is 8.72. The molecule has 0 spiro atoms. The monoisotopic (exact) mass is 242 g/mol. The van der Waals surface area contributed by atoms with Gasteiger partial charge in [-0.3, -0.25) is 0 Å². The maximum Gasteiger partial charge on any atom is 0.259 e. The summed E-state index contributed by atoms with van der Waals surface area (Å²) < 4.78 is 27.3. The lowest BCUT2D eigenvalue weighted by Crippen LogP contribution is -2.33. The van der Waals surface area contributed by atoms with Crippen LogP contribution in [0, 0.1) is 16.7 Å². The van der Waals surface area contributed by atoms with Crippen LogP contribution in [-0.2, 0) is 17.1 Å². The van der Waals surface area contributed by atoms with Gasteiger partial charge in [-0.05, 0) is 13.8 Å². The Bertz CT molecular complexity index is 510. The lowest BCUT2D eigenvalue weighted by atomic mass is 9.97. The molecule has 1 aromatic rings. The van der Waals surface area contributed by atoms with Crippen molar-refractivity contribution < 1.29 is 8.42 Å². The molecule has 0 atom stereocenters. The Labute approximate surface area is 95.0 Å². The fraction of sp³-hybridized carbons (Fsp3) is 0.556. The smallest absolute Gasteiger partial charge is 0.259 e. The van der Waals surface area contributed by atoms with Crippen LogP contribution >= 0.6 is 0 Å². The molecule has 0 aliphatic carbocycles. The Balaban J connectivity index is 2.79. The predicted octanol–water partition coefficient (Wildman–Crippen LogP) is 0.248. The van der Waals surface area contributed by atoms with E-state index in [0.717, 1.165) is 0 Å². The van der Waals surface area contributed by atoms with Crippen molar-refractivity contribution in [3.8, 4) is 6.07 Å². The van der Waals surface area contributed by atoms with Gasteiger partial charge in [0.15, 0.2) is 5.03 Å². The lowest BCUT2D eigenvalue weighted by Gasteiger charge is -2.14. The highest BCUT2D eigenvalue weighted by molar-refractivity contribution is 7.89. The summed E-state index contributed by atoms with van der Waals surface area (Å²) in [6, 6.07) is 2.02. The van der Waals surface area contributed by atoms with Gasteiger partial charge in [-0.2, -0.15) is 5.26 Å². The van der Waals surface area contributed by atoms with E-state index in [4.69, 9.17) is 5.26 Å². The number of imidazole rings is 1. The molecule has 1 heterocycles. The summed E-state index contributed by atoms with van der Waals surface area (Å²) in [4.78, 5) is 3.74. The number of aryl methyl sites for hydroxylation is 1. The first-order chi connectivity index (χ1) is 7.27. The molecule has 7 heteroatoms. The molecule has 0 aromatic carbocycles. The number of nitrogens with one attached hydrogen (secondary N) is 1. The molecule has 1 aromatic heterocycles. The minimum absolute atomic E-state index is 0.0382. The number of hydrogen-bond donors (Lipinski definition) is 1. The van der Waals surface area contributed by atoms with E-state index in [1.807, 2.05) is 6.07 Å². The molecule has 0 saturated heterocycles. The average Bonchev–Trinajstić information content (AvgIpc) is 2.63. The third-order valence-corrected chi connectivity index (χ3v) is 3.25. The highest BCUT2D eigenvalue weighted by Gasteiger charge is 2.23. The summed E-state index contributed by atoms with van der Waals surface area (Å²) in [6.07, 6.45) is 2.81. The zero-order valence-corrected chi connectivity index (χ0v) is 10.2. The van der Waals surface area contributed by atoms with Gasteiger partial charge in [-0.1, -0.05) is 0 Å². The van der Waals surface area contributed by atoms with Crippen LogP contribution in [0.3, 0.4) is 0 Å². The van der Waals surface area contributed by atoms with Crippen LogP contribution in [0.1, 0.15) is 13.8 Å². The fourth-order valence-corrected chi connectivity index (χ4v) is 2.11. The van der Waals surface area contributed by atoms with Crippen molar-refractivity contribution in [2.24, 2.45) is 12.5 Å². The minimum Gasteiger partial charge on any atom is -0.339 e. The van der Waals surface area contributed by atoms with E-state index in [2.05, 4.69) is 9.71 Å². The van der Waals surface area contributed by atoms with E-state index < -0.39 is 15.4 Å². The number of hydrogen-bond acceptors (Lipinski definition) is 4. The first-order valence-electron chi connectivity index (χ1n) is 4.66. The third-order valence-electron chi connectivity index (χ3n) is 1.96. The molecule has 0 bridgehead atoms. The Hall–Kier alpha value is -1.39. The second-order valence-electron chi connectivity index (χ2n) is 4.20. The van der Waals surface area contributed by atoms with Crippen molar-refractivity contribution in [2.45, 2.75) is 18.9 Å². The van der Waals surface area contributed by atoms with E-state index >= 15 is 0 Å². The molecule has 0 fully saturated rings. The second-order valence-corrected chi connectivity index (χ2v) is 5.91. The Morgan fingerprint density at radius 3 is 2.69 bits per heavy atom. The second kappa shape index (κ2) is 4.23. The zero-order chi connectivity index (χ0) is 12.4. The van der Waals surface area contributed by atoms with Gasteiger partial charge in [0.05, 0.1) is 17.8 Å². The van der Waals surface area contributed by atoms with Gasteiger partial charge in [0, 0.05) is 19.8 Å². The highest BCUT2D eigenvalue weighted by Crippen LogP contribution is 2.13. The Morgan fingerprint density at radius 2 is 2.25 bits per heavy atom. The summed E-state index contributed by atoms with van der Waals surface area (Å²) in [5.41, 5.74) is -0.734. The highest BCUT2D eigenvalue weighted by atomic mass is 32.2. The lowest BCUT2D eigenvalue weighted by molar-refractivity contribution is 0.478. The molecule has 0 amide bonds. The normalized spacial score (nSPS) is 12.4. The molecule has 1 rings (SSSR count). The van der Waals surface area contributed by atoms with Crippen molar-refractivity contribution in [1.29, 1.82) is 5.26 Å². The molecular formula is C9H14N4O2S. The largest absolute Gasteiger partial charge is 0.339 e. The maximum atomic E-state index is 11.7. The van der Waals surface area contributed by atoms with Gasteiger partial charge >= 0.3 is 0 Å². The van der Waals surface area contributed by atoms with Gasteiger partial charge in [0.25, 0.3) is 10.0 Å². The van der Waals surface area contributed by atoms with Gasteiger partial charge in [-0.25, -0.2) is 18.1 Å². The molecule has 88 valence electrons. The van der Waals surface area contributed by atoms with Crippen LogP contribution in [-0.4, -0.2) is 24.5 Å². The van der Waals surface area contributed by atoms with Crippen molar-refractivity contribution in [3.63, 3.8) is 0 Å². The number of aromatic nitrogens is 2. The van der Waals surface area contributed by atoms with E-state index in [0.29, 0.717) is 0 Å². The zero-order valence-electron chi connectivity index (χ0n) is 9.43. The quantitative estimate of drug-likeness (QED) is 0.819. The van der Waals surface area contributed by atoms with Crippen molar-refractivity contribution in [2.75, 3.05) is 6.54 Å². The van der Waals surface area contributed by atoms with Crippen LogP contribution in [0.2, 0.25) is 0 Å². The standard InChI is InChI=1S/C9H14N4O2S/c1-9(2,5-10)6-12-16(14,15)8-4-13(3)7-11-8/h4,7,12H,6H2,1-3H3. The first-order valence-corrected chi connectivity index (χ1v) is 6.14. The first kappa shape index (κ1) is 12.7. The molecule has 0 unspecified atom stereocenters. The number of rotatable bonds is 4. The summed E-state index contributed by atoms with van der Waals surface area (Å²) in [7, 11) is -1.93. The molecule has 16 heavy (non-hydrogen) atoms. The number of nitrogens with zero attached hydrogens (tertiary/aromatic N) is 3. The summed E-state index contributed by atoms with van der Waals surface area (Å²) >= 11 is 0. The van der Waals surface area contributed by atoms with Crippen molar-refractivity contribution >= 4 is 10.0 Å². The van der Waals surface area contributed by atoms with E-state index in [-0.39, 0.29) is 11.6 Å². The predicted molar refractivity (Wildman–Crippen MR) is 57.8 cm³/mol. The van der Waals surface area contributed by atoms with Crippen LogP contribution in [0.4, 0.5) is 0 Å². The van der Waals surface area contributed by atoms with Crippen molar-refractivity contribution in [3.05, 3.63) is 12.5 Å². The Morgan fingerprint density at radius 1 is 1.62 bits per heavy atom.